The Morgan fingerprint density at radius 1 is 1.29 bits per heavy atom. The third-order valence-electron chi connectivity index (χ3n) is 1.80. The summed E-state index contributed by atoms with van der Waals surface area (Å²) in [6.07, 6.45) is 5.71. The number of ether oxygens (including phenoxy) is 1. The summed E-state index contributed by atoms with van der Waals surface area (Å²) in [6.45, 7) is 1.95. The normalized spacial score (nSPS) is 12.1. The zero-order valence-electron chi connectivity index (χ0n) is 8.33. The largest absolute Gasteiger partial charge is 0.497 e. The minimum absolute atomic E-state index is 0.728. The molecule has 1 rings (SSSR count). The maximum absolute atomic E-state index is 6.05. The summed E-state index contributed by atoms with van der Waals surface area (Å²) < 4.78 is 5.05. The molecule has 0 aromatic heterocycles. The number of allylic oxidation sites excluding steroid dienone is 3. The number of rotatable bonds is 3. The summed E-state index contributed by atoms with van der Waals surface area (Å²) in [4.78, 5) is 0. The van der Waals surface area contributed by atoms with Crippen molar-refractivity contribution in [2.75, 3.05) is 7.11 Å². The SMILES string of the molecule is C/C=C/C=C(\Cl)c1ccc(OC)cc1. The molecule has 14 heavy (non-hydrogen) atoms. The number of methoxy groups -OCH3 is 1. The van der Waals surface area contributed by atoms with Crippen LogP contribution < -0.4 is 4.74 Å². The van der Waals surface area contributed by atoms with Gasteiger partial charge in [0.05, 0.1) is 7.11 Å². The van der Waals surface area contributed by atoms with E-state index >= 15 is 0 Å². The fourth-order valence-corrected chi connectivity index (χ4v) is 1.23. The Morgan fingerprint density at radius 2 is 1.93 bits per heavy atom. The summed E-state index contributed by atoms with van der Waals surface area (Å²) in [5.41, 5.74) is 0.991. The number of benzene rings is 1. The van der Waals surface area contributed by atoms with E-state index in [4.69, 9.17) is 16.3 Å². The average molecular weight is 209 g/mol. The van der Waals surface area contributed by atoms with Crippen molar-refractivity contribution in [2.45, 2.75) is 6.92 Å². The molecule has 0 N–H and O–H groups in total. The van der Waals surface area contributed by atoms with Crippen LogP contribution in [0.5, 0.6) is 5.75 Å². The van der Waals surface area contributed by atoms with Crippen LogP contribution in [0.15, 0.2) is 42.5 Å². The Morgan fingerprint density at radius 3 is 2.43 bits per heavy atom. The zero-order valence-corrected chi connectivity index (χ0v) is 9.08. The van der Waals surface area contributed by atoms with Crippen LogP contribution in [0.4, 0.5) is 0 Å². The van der Waals surface area contributed by atoms with Crippen LogP contribution in [-0.4, -0.2) is 7.11 Å². The van der Waals surface area contributed by atoms with E-state index in [0.717, 1.165) is 16.3 Å². The zero-order chi connectivity index (χ0) is 10.4. The smallest absolute Gasteiger partial charge is 0.118 e. The molecule has 0 fully saturated rings. The van der Waals surface area contributed by atoms with Gasteiger partial charge in [-0.05, 0) is 42.8 Å². The Balaban J connectivity index is 2.86. The lowest BCUT2D eigenvalue weighted by Crippen LogP contribution is -1.82. The van der Waals surface area contributed by atoms with E-state index in [1.807, 2.05) is 49.4 Å². The molecule has 74 valence electrons. The Hall–Kier alpha value is -1.21. The van der Waals surface area contributed by atoms with E-state index in [0.29, 0.717) is 0 Å². The van der Waals surface area contributed by atoms with E-state index in [9.17, 15) is 0 Å². The molecule has 0 aliphatic carbocycles. The highest BCUT2D eigenvalue weighted by Gasteiger charge is 1.96. The second-order valence-electron chi connectivity index (χ2n) is 2.77. The average Bonchev–Trinajstić information content (AvgIpc) is 2.26. The van der Waals surface area contributed by atoms with Gasteiger partial charge in [-0.25, -0.2) is 0 Å². The van der Waals surface area contributed by atoms with Crippen LogP contribution >= 0.6 is 11.6 Å². The third-order valence-corrected chi connectivity index (χ3v) is 2.15. The minimum atomic E-state index is 0.728. The first-order chi connectivity index (χ1) is 6.77. The second-order valence-corrected chi connectivity index (χ2v) is 3.18. The van der Waals surface area contributed by atoms with Crippen molar-refractivity contribution in [3.8, 4) is 5.75 Å². The van der Waals surface area contributed by atoms with Crippen molar-refractivity contribution in [3.63, 3.8) is 0 Å². The highest BCUT2D eigenvalue weighted by molar-refractivity contribution is 6.48. The third kappa shape index (κ3) is 2.93. The highest BCUT2D eigenvalue weighted by atomic mass is 35.5. The molecular formula is C12H13ClO. The number of halogens is 1. The maximum atomic E-state index is 6.05. The molecule has 0 aliphatic rings. The van der Waals surface area contributed by atoms with Gasteiger partial charge in [-0.3, -0.25) is 0 Å². The van der Waals surface area contributed by atoms with Gasteiger partial charge >= 0.3 is 0 Å². The maximum Gasteiger partial charge on any atom is 0.118 e. The second kappa shape index (κ2) is 5.51. The summed E-state index contributed by atoms with van der Waals surface area (Å²) in [6, 6.07) is 7.64. The van der Waals surface area contributed by atoms with Crippen LogP contribution in [0.2, 0.25) is 0 Å². The summed E-state index contributed by atoms with van der Waals surface area (Å²) in [7, 11) is 1.65. The van der Waals surface area contributed by atoms with E-state index in [1.54, 1.807) is 7.11 Å². The first-order valence-electron chi connectivity index (χ1n) is 4.41. The van der Waals surface area contributed by atoms with Gasteiger partial charge in [-0.2, -0.15) is 0 Å². The fraction of sp³-hybridized carbons (Fsp3) is 0.167. The molecule has 0 amide bonds. The van der Waals surface area contributed by atoms with Gasteiger partial charge in [0.25, 0.3) is 0 Å². The first kappa shape index (κ1) is 10.9. The molecule has 1 aromatic carbocycles. The first-order valence-corrected chi connectivity index (χ1v) is 4.78. The standard InChI is InChI=1S/C12H13ClO/c1-3-4-5-12(13)10-6-8-11(14-2)9-7-10/h3-9H,1-2H3/b4-3+,12-5-. The monoisotopic (exact) mass is 208 g/mol. The summed E-state index contributed by atoms with van der Waals surface area (Å²) in [5, 5.41) is 0.728. The van der Waals surface area contributed by atoms with Crippen molar-refractivity contribution >= 4 is 16.6 Å². The Kier molecular flexibility index (Phi) is 4.27. The Labute approximate surface area is 89.7 Å². The van der Waals surface area contributed by atoms with Gasteiger partial charge in [-0.1, -0.05) is 23.8 Å². The van der Waals surface area contributed by atoms with Crippen molar-refractivity contribution in [2.24, 2.45) is 0 Å². The molecule has 0 saturated heterocycles. The van der Waals surface area contributed by atoms with Crippen LogP contribution in [-0.2, 0) is 0 Å². The van der Waals surface area contributed by atoms with Crippen molar-refractivity contribution in [3.05, 3.63) is 48.1 Å². The molecular weight excluding hydrogens is 196 g/mol. The summed E-state index contributed by atoms with van der Waals surface area (Å²) >= 11 is 6.05. The van der Waals surface area contributed by atoms with Crippen LogP contribution in [0.1, 0.15) is 12.5 Å². The van der Waals surface area contributed by atoms with Crippen molar-refractivity contribution in [1.29, 1.82) is 0 Å². The molecule has 0 saturated carbocycles. The fourth-order valence-electron chi connectivity index (χ4n) is 1.03. The van der Waals surface area contributed by atoms with Gasteiger partial charge < -0.3 is 4.74 Å². The van der Waals surface area contributed by atoms with Gasteiger partial charge in [0, 0.05) is 5.03 Å². The lowest BCUT2D eigenvalue weighted by Gasteiger charge is -2.01. The van der Waals surface area contributed by atoms with Crippen molar-refractivity contribution < 1.29 is 4.74 Å². The van der Waals surface area contributed by atoms with Crippen LogP contribution in [0, 0.1) is 0 Å². The predicted octanol–water partition coefficient (Wildman–Crippen LogP) is 3.85. The molecule has 0 spiro atoms. The van der Waals surface area contributed by atoms with E-state index in [2.05, 4.69) is 0 Å². The van der Waals surface area contributed by atoms with Crippen LogP contribution in [0.3, 0.4) is 0 Å². The molecule has 1 aromatic rings. The summed E-state index contributed by atoms with van der Waals surface area (Å²) in [5.74, 6) is 0.837. The minimum Gasteiger partial charge on any atom is -0.497 e. The molecule has 0 heterocycles. The van der Waals surface area contributed by atoms with Gasteiger partial charge in [0.1, 0.15) is 5.75 Å². The molecule has 0 radical (unpaired) electrons. The number of hydrogen-bond donors (Lipinski definition) is 0. The Bertz CT molecular complexity index is 336. The molecule has 0 unspecified atom stereocenters. The highest BCUT2D eigenvalue weighted by Crippen LogP contribution is 2.21. The van der Waals surface area contributed by atoms with E-state index in [1.165, 1.54) is 0 Å². The van der Waals surface area contributed by atoms with E-state index < -0.39 is 0 Å². The quantitative estimate of drug-likeness (QED) is 0.686. The van der Waals surface area contributed by atoms with Crippen LogP contribution in [0.25, 0.3) is 5.03 Å². The molecule has 0 aliphatic heterocycles. The molecule has 0 bridgehead atoms. The molecule has 1 nitrogen and oxygen atoms in total. The lowest BCUT2D eigenvalue weighted by molar-refractivity contribution is 0.415. The topological polar surface area (TPSA) is 9.23 Å². The molecule has 2 heteroatoms. The number of hydrogen-bond acceptors (Lipinski definition) is 1. The van der Waals surface area contributed by atoms with Gasteiger partial charge in [-0.15, -0.1) is 0 Å². The van der Waals surface area contributed by atoms with Crippen molar-refractivity contribution in [1.82, 2.24) is 0 Å². The predicted molar refractivity (Wildman–Crippen MR) is 61.6 cm³/mol. The van der Waals surface area contributed by atoms with Gasteiger partial charge in [0.2, 0.25) is 0 Å². The van der Waals surface area contributed by atoms with Gasteiger partial charge in [0.15, 0.2) is 0 Å². The lowest BCUT2D eigenvalue weighted by atomic mass is 10.2. The molecule has 0 atom stereocenters. The van der Waals surface area contributed by atoms with E-state index in [-0.39, 0.29) is 0 Å².